The van der Waals surface area contributed by atoms with Crippen molar-refractivity contribution in [2.45, 2.75) is 84.2 Å². The zero-order valence-electron chi connectivity index (χ0n) is 13.2. The second kappa shape index (κ2) is 11.7. The molecule has 0 radical (unpaired) electrons. The summed E-state index contributed by atoms with van der Waals surface area (Å²) in [5.74, 6) is 0.777. The van der Waals surface area contributed by atoms with Gasteiger partial charge in [0.05, 0.1) is 13.2 Å². The minimum atomic E-state index is 0.417. The molecular formula is C17H34O2. The summed E-state index contributed by atoms with van der Waals surface area (Å²) in [7, 11) is 0. The summed E-state index contributed by atoms with van der Waals surface area (Å²) in [6.07, 6.45) is 14.2. The highest BCUT2D eigenvalue weighted by Crippen LogP contribution is 2.18. The molecule has 0 amide bonds. The van der Waals surface area contributed by atoms with Crippen molar-refractivity contribution in [3.05, 3.63) is 0 Å². The van der Waals surface area contributed by atoms with Crippen LogP contribution in [0.25, 0.3) is 0 Å². The van der Waals surface area contributed by atoms with E-state index in [0.717, 1.165) is 25.7 Å². The average molecular weight is 270 g/mol. The topological polar surface area (TPSA) is 21.8 Å². The summed E-state index contributed by atoms with van der Waals surface area (Å²) >= 11 is 0. The van der Waals surface area contributed by atoms with Crippen molar-refractivity contribution in [3.63, 3.8) is 0 Å². The van der Waals surface area contributed by atoms with Gasteiger partial charge in [-0.3, -0.25) is 0 Å². The van der Waals surface area contributed by atoms with Gasteiger partial charge < -0.3 is 9.47 Å². The van der Waals surface area contributed by atoms with Crippen LogP contribution in [0.5, 0.6) is 0 Å². The molecule has 0 aliphatic carbocycles. The third-order valence-corrected chi connectivity index (χ3v) is 3.97. The highest BCUT2D eigenvalue weighted by Gasteiger charge is 2.22. The lowest BCUT2D eigenvalue weighted by Gasteiger charge is -2.16. The van der Waals surface area contributed by atoms with Gasteiger partial charge in [0.25, 0.3) is 0 Å². The Morgan fingerprint density at radius 1 is 0.947 bits per heavy atom. The van der Waals surface area contributed by atoms with E-state index < -0.39 is 0 Å². The fourth-order valence-corrected chi connectivity index (χ4v) is 2.64. The quantitative estimate of drug-likeness (QED) is 0.329. The molecule has 114 valence electrons. The Labute approximate surface area is 120 Å². The number of hydrogen-bond acceptors (Lipinski definition) is 2. The Morgan fingerprint density at radius 3 is 2.26 bits per heavy atom. The van der Waals surface area contributed by atoms with Crippen LogP contribution in [-0.2, 0) is 9.47 Å². The van der Waals surface area contributed by atoms with E-state index in [2.05, 4.69) is 13.8 Å². The van der Waals surface area contributed by atoms with Crippen LogP contribution in [0.3, 0.4) is 0 Å². The molecule has 2 heteroatoms. The van der Waals surface area contributed by atoms with E-state index in [1.165, 1.54) is 64.2 Å². The van der Waals surface area contributed by atoms with Crippen molar-refractivity contribution in [2.75, 3.05) is 19.8 Å². The van der Waals surface area contributed by atoms with Gasteiger partial charge in [-0.05, 0) is 18.8 Å². The van der Waals surface area contributed by atoms with E-state index in [1.807, 2.05) is 0 Å². The average Bonchev–Trinajstić information content (AvgIpc) is 3.22. The molecule has 0 aromatic heterocycles. The third kappa shape index (κ3) is 10.4. The van der Waals surface area contributed by atoms with Crippen molar-refractivity contribution in [2.24, 2.45) is 5.92 Å². The first-order chi connectivity index (χ1) is 9.36. The van der Waals surface area contributed by atoms with Crippen LogP contribution >= 0.6 is 0 Å². The SMILES string of the molecule is CCCCCCCCCC(CCC)COCC1CO1. The molecule has 1 rings (SSSR count). The lowest BCUT2D eigenvalue weighted by atomic mass is 9.96. The monoisotopic (exact) mass is 270 g/mol. The zero-order chi connectivity index (χ0) is 13.8. The summed E-state index contributed by atoms with van der Waals surface area (Å²) in [4.78, 5) is 0. The fraction of sp³-hybridized carbons (Fsp3) is 1.00. The molecular weight excluding hydrogens is 236 g/mol. The summed E-state index contributed by atoms with van der Waals surface area (Å²) in [5, 5.41) is 0. The molecule has 2 unspecified atom stereocenters. The van der Waals surface area contributed by atoms with Crippen molar-refractivity contribution < 1.29 is 9.47 Å². The van der Waals surface area contributed by atoms with Gasteiger partial charge >= 0.3 is 0 Å². The maximum absolute atomic E-state index is 5.76. The molecule has 0 spiro atoms. The van der Waals surface area contributed by atoms with Crippen molar-refractivity contribution in [1.29, 1.82) is 0 Å². The molecule has 2 atom stereocenters. The predicted octanol–water partition coefficient (Wildman–Crippen LogP) is 4.96. The van der Waals surface area contributed by atoms with E-state index in [9.17, 15) is 0 Å². The van der Waals surface area contributed by atoms with Gasteiger partial charge in [-0.25, -0.2) is 0 Å². The number of ether oxygens (including phenoxy) is 2. The molecule has 1 heterocycles. The second-order valence-corrected chi connectivity index (χ2v) is 6.06. The summed E-state index contributed by atoms with van der Waals surface area (Å²) in [6, 6.07) is 0. The molecule has 0 N–H and O–H groups in total. The van der Waals surface area contributed by atoms with Crippen LogP contribution in [0, 0.1) is 5.92 Å². The highest BCUT2D eigenvalue weighted by molar-refractivity contribution is 4.68. The standard InChI is InChI=1S/C17H34O2/c1-3-5-6-7-8-9-10-12-16(11-4-2)13-18-14-17-15-19-17/h16-17H,3-15H2,1-2H3. The number of epoxide rings is 1. The summed E-state index contributed by atoms with van der Waals surface area (Å²) in [5.41, 5.74) is 0. The molecule has 19 heavy (non-hydrogen) atoms. The first-order valence-electron chi connectivity index (χ1n) is 8.56. The van der Waals surface area contributed by atoms with Gasteiger partial charge in [-0.2, -0.15) is 0 Å². The number of rotatable bonds is 14. The minimum absolute atomic E-state index is 0.417. The smallest absolute Gasteiger partial charge is 0.104 e. The van der Waals surface area contributed by atoms with Crippen LogP contribution in [-0.4, -0.2) is 25.9 Å². The third-order valence-electron chi connectivity index (χ3n) is 3.97. The fourth-order valence-electron chi connectivity index (χ4n) is 2.64. The molecule has 0 aromatic rings. The van der Waals surface area contributed by atoms with Gasteiger partial charge in [0.1, 0.15) is 6.10 Å². The van der Waals surface area contributed by atoms with Gasteiger partial charge in [0, 0.05) is 6.61 Å². The molecule has 0 aromatic carbocycles. The molecule has 1 aliphatic heterocycles. The van der Waals surface area contributed by atoms with Crippen molar-refractivity contribution in [1.82, 2.24) is 0 Å². The molecule has 0 saturated carbocycles. The van der Waals surface area contributed by atoms with Gasteiger partial charge in [-0.1, -0.05) is 65.2 Å². The van der Waals surface area contributed by atoms with Crippen LogP contribution < -0.4 is 0 Å². The normalized spacial score (nSPS) is 19.6. The summed E-state index contributed by atoms with van der Waals surface area (Å²) in [6.45, 7) is 7.24. The van der Waals surface area contributed by atoms with Crippen LogP contribution in [0.2, 0.25) is 0 Å². The van der Waals surface area contributed by atoms with Crippen LogP contribution in [0.4, 0.5) is 0 Å². The highest BCUT2D eigenvalue weighted by atomic mass is 16.6. The Kier molecular flexibility index (Phi) is 10.5. The van der Waals surface area contributed by atoms with Crippen LogP contribution in [0.15, 0.2) is 0 Å². The zero-order valence-corrected chi connectivity index (χ0v) is 13.2. The Morgan fingerprint density at radius 2 is 1.63 bits per heavy atom. The Balaban J connectivity index is 1.91. The predicted molar refractivity (Wildman–Crippen MR) is 81.6 cm³/mol. The maximum atomic E-state index is 5.76. The van der Waals surface area contributed by atoms with E-state index >= 15 is 0 Å². The Bertz CT molecular complexity index is 190. The lowest BCUT2D eigenvalue weighted by Crippen LogP contribution is -2.12. The number of unbranched alkanes of at least 4 members (excludes halogenated alkanes) is 6. The van der Waals surface area contributed by atoms with E-state index in [0.29, 0.717) is 6.10 Å². The maximum Gasteiger partial charge on any atom is 0.104 e. The molecule has 1 fully saturated rings. The van der Waals surface area contributed by atoms with Gasteiger partial charge in [0.15, 0.2) is 0 Å². The molecule has 1 aliphatic rings. The van der Waals surface area contributed by atoms with E-state index in [1.54, 1.807) is 0 Å². The van der Waals surface area contributed by atoms with Gasteiger partial charge in [-0.15, -0.1) is 0 Å². The van der Waals surface area contributed by atoms with Gasteiger partial charge in [0.2, 0.25) is 0 Å². The first-order valence-corrected chi connectivity index (χ1v) is 8.56. The minimum Gasteiger partial charge on any atom is -0.378 e. The summed E-state index contributed by atoms with van der Waals surface area (Å²) < 4.78 is 10.9. The van der Waals surface area contributed by atoms with Crippen molar-refractivity contribution >= 4 is 0 Å². The number of hydrogen-bond donors (Lipinski definition) is 0. The van der Waals surface area contributed by atoms with E-state index in [4.69, 9.17) is 9.47 Å². The lowest BCUT2D eigenvalue weighted by molar-refractivity contribution is 0.0794. The van der Waals surface area contributed by atoms with Crippen molar-refractivity contribution in [3.8, 4) is 0 Å². The van der Waals surface area contributed by atoms with Crippen LogP contribution in [0.1, 0.15) is 78.1 Å². The molecule has 1 saturated heterocycles. The Hall–Kier alpha value is -0.0800. The second-order valence-electron chi connectivity index (χ2n) is 6.06. The first kappa shape index (κ1) is 17.0. The van der Waals surface area contributed by atoms with E-state index in [-0.39, 0.29) is 0 Å². The molecule has 2 nitrogen and oxygen atoms in total. The molecule has 0 bridgehead atoms. The largest absolute Gasteiger partial charge is 0.378 e.